The lowest BCUT2D eigenvalue weighted by molar-refractivity contribution is 0.262. The molecule has 0 fully saturated rings. The second kappa shape index (κ2) is 5.79. The molecule has 0 spiro atoms. The van der Waals surface area contributed by atoms with Crippen LogP contribution in [-0.2, 0) is 6.42 Å². The van der Waals surface area contributed by atoms with Crippen LogP contribution in [0.3, 0.4) is 0 Å². The van der Waals surface area contributed by atoms with E-state index in [0.717, 1.165) is 30.9 Å². The van der Waals surface area contributed by atoms with Crippen LogP contribution in [0.2, 0.25) is 0 Å². The van der Waals surface area contributed by atoms with Crippen LogP contribution >= 0.6 is 0 Å². The predicted octanol–water partition coefficient (Wildman–Crippen LogP) is 4.63. The lowest BCUT2D eigenvalue weighted by Gasteiger charge is -2.40. The molecule has 3 rings (SSSR count). The normalized spacial score (nSPS) is 19.7. The largest absolute Gasteiger partial charge is 0.368 e. The van der Waals surface area contributed by atoms with Gasteiger partial charge < -0.3 is 9.42 Å². The van der Waals surface area contributed by atoms with Gasteiger partial charge in [0, 0.05) is 19.0 Å². The first-order chi connectivity index (χ1) is 10.6. The van der Waals surface area contributed by atoms with E-state index in [1.807, 2.05) is 6.26 Å². The molecule has 0 N–H and O–H groups in total. The smallest absolute Gasteiger partial charge is 0.147 e. The number of nitrogens with zero attached hydrogens (tertiary/aromatic N) is 2. The van der Waals surface area contributed by atoms with Crippen molar-refractivity contribution in [2.24, 2.45) is 5.41 Å². The summed E-state index contributed by atoms with van der Waals surface area (Å²) in [5, 5.41) is 4.43. The fourth-order valence-electron chi connectivity index (χ4n) is 3.82. The molecule has 0 aliphatic heterocycles. The van der Waals surface area contributed by atoms with Crippen molar-refractivity contribution in [3.63, 3.8) is 0 Å². The van der Waals surface area contributed by atoms with Gasteiger partial charge in [0.15, 0.2) is 0 Å². The number of anilines is 1. The van der Waals surface area contributed by atoms with Crippen molar-refractivity contribution in [3.8, 4) is 0 Å². The minimum Gasteiger partial charge on any atom is -0.368 e. The zero-order valence-electron chi connectivity index (χ0n) is 14.1. The van der Waals surface area contributed by atoms with E-state index in [0.29, 0.717) is 5.92 Å². The molecule has 1 aliphatic carbocycles. The van der Waals surface area contributed by atoms with E-state index in [1.54, 1.807) is 0 Å². The van der Waals surface area contributed by atoms with Crippen molar-refractivity contribution in [1.29, 1.82) is 0 Å². The molecule has 3 nitrogen and oxygen atoms in total. The van der Waals surface area contributed by atoms with Crippen molar-refractivity contribution in [2.75, 3.05) is 18.0 Å². The van der Waals surface area contributed by atoms with Crippen LogP contribution in [0.1, 0.15) is 56.9 Å². The zero-order valence-corrected chi connectivity index (χ0v) is 14.1. The van der Waals surface area contributed by atoms with Gasteiger partial charge in [-0.05, 0) is 43.2 Å². The summed E-state index contributed by atoms with van der Waals surface area (Å²) >= 11 is 0. The fraction of sp³-hybridized carbons (Fsp3) is 0.526. The van der Waals surface area contributed by atoms with Crippen molar-refractivity contribution < 1.29 is 4.52 Å². The van der Waals surface area contributed by atoms with Gasteiger partial charge in [0.1, 0.15) is 17.6 Å². The van der Waals surface area contributed by atoms with Gasteiger partial charge in [-0.2, -0.15) is 0 Å². The van der Waals surface area contributed by atoms with Crippen LogP contribution in [-0.4, -0.2) is 18.2 Å². The van der Waals surface area contributed by atoms with Crippen molar-refractivity contribution >= 4 is 5.69 Å². The van der Waals surface area contributed by atoms with E-state index in [2.05, 4.69) is 62.0 Å². The van der Waals surface area contributed by atoms with Crippen molar-refractivity contribution in [3.05, 3.63) is 47.3 Å². The average molecular weight is 298 g/mol. The van der Waals surface area contributed by atoms with E-state index >= 15 is 0 Å². The Morgan fingerprint density at radius 3 is 2.68 bits per heavy atom. The highest BCUT2D eigenvalue weighted by Gasteiger charge is 2.40. The standard InChI is InChI=1S/C19H26N2O/c1-5-21(6-2)16-13-22-20-18(16)17-15-10-8-7-9-14(15)11-12-19(17,3)4/h7-10,13,17H,5-6,11-12H2,1-4H3. The van der Waals surface area contributed by atoms with Gasteiger partial charge in [0.05, 0.1) is 0 Å². The third-order valence-corrected chi connectivity index (χ3v) is 5.14. The fourth-order valence-corrected chi connectivity index (χ4v) is 3.82. The monoisotopic (exact) mass is 298 g/mol. The van der Waals surface area contributed by atoms with Crippen LogP contribution in [0.15, 0.2) is 35.1 Å². The van der Waals surface area contributed by atoms with E-state index < -0.39 is 0 Å². The first-order valence-corrected chi connectivity index (χ1v) is 8.35. The lowest BCUT2D eigenvalue weighted by atomic mass is 9.65. The number of fused-ring (bicyclic) bond motifs is 1. The molecule has 0 saturated heterocycles. The third kappa shape index (κ3) is 2.43. The Hall–Kier alpha value is -1.77. The second-order valence-corrected chi connectivity index (χ2v) is 6.88. The summed E-state index contributed by atoms with van der Waals surface area (Å²) in [4.78, 5) is 2.33. The minimum absolute atomic E-state index is 0.188. The van der Waals surface area contributed by atoms with E-state index in [1.165, 1.54) is 17.5 Å². The summed E-state index contributed by atoms with van der Waals surface area (Å²) < 4.78 is 5.40. The number of aryl methyl sites for hydroxylation is 1. The average Bonchev–Trinajstić information content (AvgIpc) is 2.97. The summed E-state index contributed by atoms with van der Waals surface area (Å²) in [5.41, 5.74) is 5.31. The molecular weight excluding hydrogens is 272 g/mol. The summed E-state index contributed by atoms with van der Waals surface area (Å²) in [7, 11) is 0. The molecule has 3 heteroatoms. The highest BCUT2D eigenvalue weighted by Crippen LogP contribution is 2.50. The van der Waals surface area contributed by atoms with Gasteiger partial charge in [0.2, 0.25) is 0 Å². The minimum atomic E-state index is 0.188. The Bertz CT molecular complexity index is 640. The number of aromatic nitrogens is 1. The topological polar surface area (TPSA) is 29.3 Å². The van der Waals surface area contributed by atoms with E-state index in [4.69, 9.17) is 4.52 Å². The molecule has 2 aromatic rings. The SMILES string of the molecule is CCN(CC)c1conc1C1c2ccccc2CCC1(C)C. The van der Waals surface area contributed by atoms with E-state index in [-0.39, 0.29) is 5.41 Å². The number of rotatable bonds is 4. The molecule has 1 aliphatic rings. The summed E-state index contributed by atoms with van der Waals surface area (Å²) in [6, 6.07) is 8.81. The maximum absolute atomic E-state index is 5.40. The van der Waals surface area contributed by atoms with Gasteiger partial charge in [0.25, 0.3) is 0 Å². The maximum atomic E-state index is 5.40. The van der Waals surface area contributed by atoms with E-state index in [9.17, 15) is 0 Å². The molecule has 1 aromatic carbocycles. The summed E-state index contributed by atoms with van der Waals surface area (Å²) in [6.07, 6.45) is 4.15. The van der Waals surface area contributed by atoms with Gasteiger partial charge in [-0.25, -0.2) is 0 Å². The van der Waals surface area contributed by atoms with Crippen LogP contribution < -0.4 is 4.90 Å². The lowest BCUT2D eigenvalue weighted by Crippen LogP contribution is -2.31. The second-order valence-electron chi connectivity index (χ2n) is 6.88. The quantitative estimate of drug-likeness (QED) is 0.824. The Kier molecular flexibility index (Phi) is 3.98. The van der Waals surface area contributed by atoms with Crippen LogP contribution in [0.25, 0.3) is 0 Å². The van der Waals surface area contributed by atoms with Crippen LogP contribution in [0, 0.1) is 5.41 Å². The Balaban J connectivity index is 2.12. The van der Waals surface area contributed by atoms with Crippen LogP contribution in [0.4, 0.5) is 5.69 Å². The molecule has 22 heavy (non-hydrogen) atoms. The number of hydrogen-bond acceptors (Lipinski definition) is 3. The molecule has 0 radical (unpaired) electrons. The molecule has 1 heterocycles. The number of hydrogen-bond donors (Lipinski definition) is 0. The Morgan fingerprint density at radius 2 is 1.95 bits per heavy atom. The molecular formula is C19H26N2O. The Labute approximate surface area is 133 Å². The first kappa shape index (κ1) is 15.1. The predicted molar refractivity (Wildman–Crippen MR) is 90.5 cm³/mol. The molecule has 1 unspecified atom stereocenters. The molecule has 118 valence electrons. The Morgan fingerprint density at radius 1 is 1.23 bits per heavy atom. The summed E-state index contributed by atoms with van der Waals surface area (Å²) in [5.74, 6) is 0.298. The third-order valence-electron chi connectivity index (χ3n) is 5.14. The van der Waals surface area contributed by atoms with Crippen LogP contribution in [0.5, 0.6) is 0 Å². The molecule has 0 saturated carbocycles. The highest BCUT2D eigenvalue weighted by atomic mass is 16.5. The molecule has 0 amide bonds. The van der Waals surface area contributed by atoms with Gasteiger partial charge >= 0.3 is 0 Å². The van der Waals surface area contributed by atoms with Gasteiger partial charge in [-0.15, -0.1) is 0 Å². The van der Waals surface area contributed by atoms with Gasteiger partial charge in [-0.1, -0.05) is 43.3 Å². The zero-order chi connectivity index (χ0) is 15.7. The van der Waals surface area contributed by atoms with Gasteiger partial charge in [-0.3, -0.25) is 0 Å². The maximum Gasteiger partial charge on any atom is 0.147 e. The molecule has 0 bridgehead atoms. The molecule has 1 aromatic heterocycles. The number of benzene rings is 1. The molecule has 1 atom stereocenters. The highest BCUT2D eigenvalue weighted by molar-refractivity contribution is 5.54. The van der Waals surface area contributed by atoms with Crippen molar-refractivity contribution in [2.45, 2.75) is 46.5 Å². The first-order valence-electron chi connectivity index (χ1n) is 8.35. The summed E-state index contributed by atoms with van der Waals surface area (Å²) in [6.45, 7) is 11.0. The van der Waals surface area contributed by atoms with Crippen molar-refractivity contribution in [1.82, 2.24) is 5.16 Å².